The SMILES string of the molecule is CC(=O)C1(C(C)C)OC(=O)C(=C(C)C)O1. The molecule has 4 heteroatoms. The quantitative estimate of drug-likeness (QED) is 0.517. The lowest BCUT2D eigenvalue weighted by Gasteiger charge is -2.26. The summed E-state index contributed by atoms with van der Waals surface area (Å²) in [5.74, 6) is -2.33. The highest BCUT2D eigenvalue weighted by Crippen LogP contribution is 2.35. The van der Waals surface area contributed by atoms with Crippen LogP contribution in [0, 0.1) is 5.92 Å². The summed E-state index contributed by atoms with van der Waals surface area (Å²) in [4.78, 5) is 23.0. The number of hydrogen-bond acceptors (Lipinski definition) is 4. The van der Waals surface area contributed by atoms with Crippen molar-refractivity contribution in [2.45, 2.75) is 40.4 Å². The van der Waals surface area contributed by atoms with Crippen molar-refractivity contribution in [2.24, 2.45) is 5.92 Å². The second-order valence-electron chi connectivity index (χ2n) is 4.20. The number of allylic oxidation sites excluding steroid dienone is 1. The van der Waals surface area contributed by atoms with Gasteiger partial charge in [0.25, 0.3) is 0 Å². The monoisotopic (exact) mass is 212 g/mol. The molecule has 1 saturated heterocycles. The van der Waals surface area contributed by atoms with E-state index in [9.17, 15) is 9.59 Å². The minimum atomic E-state index is -1.43. The number of ketones is 1. The molecule has 0 aliphatic carbocycles. The van der Waals surface area contributed by atoms with Crippen LogP contribution >= 0.6 is 0 Å². The lowest BCUT2D eigenvalue weighted by atomic mass is 9.99. The Kier molecular flexibility index (Phi) is 2.88. The Labute approximate surface area is 89.2 Å². The fourth-order valence-electron chi connectivity index (χ4n) is 1.49. The van der Waals surface area contributed by atoms with Gasteiger partial charge in [0.2, 0.25) is 11.5 Å². The molecule has 1 rings (SSSR count). The average Bonchev–Trinajstić information content (AvgIpc) is 2.44. The van der Waals surface area contributed by atoms with E-state index in [2.05, 4.69) is 0 Å². The van der Waals surface area contributed by atoms with E-state index in [4.69, 9.17) is 9.47 Å². The number of cyclic esters (lactones) is 1. The van der Waals surface area contributed by atoms with Crippen LogP contribution in [0.4, 0.5) is 0 Å². The van der Waals surface area contributed by atoms with Gasteiger partial charge in [-0.3, -0.25) is 4.79 Å². The molecule has 0 aromatic heterocycles. The van der Waals surface area contributed by atoms with Gasteiger partial charge in [0.1, 0.15) is 0 Å². The first kappa shape index (κ1) is 11.8. The van der Waals surface area contributed by atoms with Crippen LogP contribution in [0.5, 0.6) is 0 Å². The second kappa shape index (κ2) is 3.68. The molecule has 1 unspecified atom stereocenters. The topological polar surface area (TPSA) is 52.6 Å². The predicted octanol–water partition coefficient (Wildman–Crippen LogP) is 1.79. The van der Waals surface area contributed by atoms with Gasteiger partial charge in [0.15, 0.2) is 0 Å². The highest BCUT2D eigenvalue weighted by atomic mass is 16.8. The molecule has 1 atom stereocenters. The van der Waals surface area contributed by atoms with Crippen LogP contribution in [0.1, 0.15) is 34.6 Å². The van der Waals surface area contributed by atoms with Crippen LogP contribution in [0.25, 0.3) is 0 Å². The summed E-state index contributed by atoms with van der Waals surface area (Å²) < 4.78 is 10.5. The molecule has 1 aliphatic rings. The summed E-state index contributed by atoms with van der Waals surface area (Å²) >= 11 is 0. The zero-order valence-electron chi connectivity index (χ0n) is 9.71. The normalized spacial score (nSPS) is 25.2. The summed E-state index contributed by atoms with van der Waals surface area (Å²) in [5.41, 5.74) is 0.712. The highest BCUT2D eigenvalue weighted by molar-refractivity contribution is 5.95. The standard InChI is InChI=1S/C11H16O4/c1-6(2)9-10(13)15-11(14-9,7(3)4)8(5)12/h7H,1-5H3. The van der Waals surface area contributed by atoms with Gasteiger partial charge in [0, 0.05) is 12.8 Å². The molecular weight excluding hydrogens is 196 g/mol. The zero-order chi connectivity index (χ0) is 11.8. The Morgan fingerprint density at radius 2 is 1.73 bits per heavy atom. The van der Waals surface area contributed by atoms with Crippen molar-refractivity contribution >= 4 is 11.8 Å². The molecule has 0 saturated carbocycles. The highest BCUT2D eigenvalue weighted by Gasteiger charge is 2.52. The molecule has 0 amide bonds. The van der Waals surface area contributed by atoms with Crippen LogP contribution in [0.3, 0.4) is 0 Å². The van der Waals surface area contributed by atoms with Gasteiger partial charge in [-0.25, -0.2) is 4.79 Å². The molecule has 0 radical (unpaired) electrons. The maximum Gasteiger partial charge on any atom is 0.377 e. The van der Waals surface area contributed by atoms with E-state index >= 15 is 0 Å². The maximum atomic E-state index is 11.5. The van der Waals surface area contributed by atoms with Crippen molar-refractivity contribution in [1.82, 2.24) is 0 Å². The molecule has 1 heterocycles. The summed E-state index contributed by atoms with van der Waals surface area (Å²) in [6.45, 7) is 8.41. The summed E-state index contributed by atoms with van der Waals surface area (Å²) in [5, 5.41) is 0. The number of Topliss-reactive ketones (excluding diaryl/α,β-unsaturated/α-hetero) is 1. The van der Waals surface area contributed by atoms with Crippen LogP contribution in [-0.4, -0.2) is 17.5 Å². The number of carbonyl (C=O) groups excluding carboxylic acids is 2. The van der Waals surface area contributed by atoms with Crippen molar-refractivity contribution < 1.29 is 19.1 Å². The number of rotatable bonds is 2. The van der Waals surface area contributed by atoms with Crippen LogP contribution in [-0.2, 0) is 19.1 Å². The Hall–Kier alpha value is -1.32. The average molecular weight is 212 g/mol. The summed E-state index contributed by atoms with van der Waals surface area (Å²) in [6, 6.07) is 0. The van der Waals surface area contributed by atoms with Crippen molar-refractivity contribution in [3.05, 3.63) is 11.3 Å². The Balaban J connectivity index is 3.15. The molecule has 1 aliphatic heterocycles. The first-order chi connectivity index (χ1) is 6.81. The third-order valence-electron chi connectivity index (χ3n) is 2.39. The maximum absolute atomic E-state index is 11.5. The van der Waals surface area contributed by atoms with E-state index in [1.165, 1.54) is 6.92 Å². The van der Waals surface area contributed by atoms with Gasteiger partial charge in [-0.2, -0.15) is 0 Å². The zero-order valence-corrected chi connectivity index (χ0v) is 9.71. The first-order valence-corrected chi connectivity index (χ1v) is 4.92. The molecule has 0 N–H and O–H groups in total. The first-order valence-electron chi connectivity index (χ1n) is 4.92. The molecule has 84 valence electrons. The third kappa shape index (κ3) is 1.76. The van der Waals surface area contributed by atoms with Crippen molar-refractivity contribution in [3.8, 4) is 0 Å². The smallest absolute Gasteiger partial charge is 0.377 e. The van der Waals surface area contributed by atoms with Crippen LogP contribution in [0.2, 0.25) is 0 Å². The van der Waals surface area contributed by atoms with E-state index in [1.807, 2.05) is 0 Å². The molecule has 0 spiro atoms. The molecule has 1 fully saturated rings. The Bertz CT molecular complexity index is 336. The number of ether oxygens (including phenoxy) is 2. The fourth-order valence-corrected chi connectivity index (χ4v) is 1.49. The third-order valence-corrected chi connectivity index (χ3v) is 2.39. The molecule has 4 nitrogen and oxygen atoms in total. The minimum absolute atomic E-state index is 0.152. The molecule has 0 aromatic carbocycles. The lowest BCUT2D eigenvalue weighted by molar-refractivity contribution is -0.194. The van der Waals surface area contributed by atoms with E-state index in [0.29, 0.717) is 5.57 Å². The Morgan fingerprint density at radius 1 is 1.20 bits per heavy atom. The molecule has 0 bridgehead atoms. The van der Waals surface area contributed by atoms with Gasteiger partial charge in [0.05, 0.1) is 0 Å². The van der Waals surface area contributed by atoms with Crippen LogP contribution < -0.4 is 0 Å². The van der Waals surface area contributed by atoms with E-state index in [-0.39, 0.29) is 17.5 Å². The van der Waals surface area contributed by atoms with Gasteiger partial charge in [-0.1, -0.05) is 13.8 Å². The van der Waals surface area contributed by atoms with Gasteiger partial charge < -0.3 is 9.47 Å². The van der Waals surface area contributed by atoms with Gasteiger partial charge in [-0.05, 0) is 19.4 Å². The second-order valence-corrected chi connectivity index (χ2v) is 4.20. The number of esters is 1. The van der Waals surface area contributed by atoms with Crippen molar-refractivity contribution in [2.75, 3.05) is 0 Å². The fraction of sp³-hybridized carbons (Fsp3) is 0.636. The predicted molar refractivity (Wildman–Crippen MR) is 53.8 cm³/mol. The number of hydrogen-bond donors (Lipinski definition) is 0. The van der Waals surface area contributed by atoms with Crippen LogP contribution in [0.15, 0.2) is 11.3 Å². The Morgan fingerprint density at radius 3 is 1.93 bits per heavy atom. The lowest BCUT2D eigenvalue weighted by Crippen LogP contribution is -2.43. The molecule has 15 heavy (non-hydrogen) atoms. The summed E-state index contributed by atoms with van der Waals surface area (Å²) in [6.07, 6.45) is 0. The van der Waals surface area contributed by atoms with E-state index in [0.717, 1.165) is 0 Å². The molecular formula is C11H16O4. The van der Waals surface area contributed by atoms with Crippen molar-refractivity contribution in [3.63, 3.8) is 0 Å². The largest absolute Gasteiger partial charge is 0.438 e. The van der Waals surface area contributed by atoms with Gasteiger partial charge in [-0.15, -0.1) is 0 Å². The molecule has 0 aromatic rings. The minimum Gasteiger partial charge on any atom is -0.438 e. The van der Waals surface area contributed by atoms with E-state index < -0.39 is 11.8 Å². The number of carbonyl (C=O) groups is 2. The van der Waals surface area contributed by atoms with E-state index in [1.54, 1.807) is 27.7 Å². The summed E-state index contributed by atoms with van der Waals surface area (Å²) in [7, 11) is 0. The van der Waals surface area contributed by atoms with Crippen molar-refractivity contribution in [1.29, 1.82) is 0 Å². The van der Waals surface area contributed by atoms with Gasteiger partial charge >= 0.3 is 11.8 Å².